The normalized spacial score (nSPS) is 9.89. The van der Waals surface area contributed by atoms with Crippen molar-refractivity contribution in [1.82, 2.24) is 0 Å². The lowest BCUT2D eigenvalue weighted by atomic mass is 10.1. The minimum atomic E-state index is -0.503. The van der Waals surface area contributed by atoms with Crippen LogP contribution in [-0.2, 0) is 0 Å². The molecule has 0 aliphatic rings. The molecule has 0 heterocycles. The van der Waals surface area contributed by atoms with Crippen LogP contribution in [0.3, 0.4) is 0 Å². The van der Waals surface area contributed by atoms with Crippen LogP contribution in [0.25, 0.3) is 0 Å². The SMILES string of the molecule is NC(=O)c1ccc(NC(=O)c2ccc(N)cc2)cc1. The highest BCUT2D eigenvalue weighted by molar-refractivity contribution is 6.04. The summed E-state index contributed by atoms with van der Waals surface area (Å²) in [6, 6.07) is 13.0. The molecule has 0 atom stereocenters. The van der Waals surface area contributed by atoms with Crippen LogP contribution in [0.4, 0.5) is 11.4 Å². The van der Waals surface area contributed by atoms with Gasteiger partial charge in [-0.2, -0.15) is 0 Å². The summed E-state index contributed by atoms with van der Waals surface area (Å²) in [6.45, 7) is 0. The van der Waals surface area contributed by atoms with E-state index < -0.39 is 5.91 Å². The molecule has 0 aromatic heterocycles. The topological polar surface area (TPSA) is 98.2 Å². The van der Waals surface area contributed by atoms with Gasteiger partial charge in [0.1, 0.15) is 0 Å². The largest absolute Gasteiger partial charge is 0.399 e. The van der Waals surface area contributed by atoms with Crippen LogP contribution in [0.5, 0.6) is 0 Å². The van der Waals surface area contributed by atoms with Crippen molar-refractivity contribution in [3.05, 3.63) is 59.7 Å². The van der Waals surface area contributed by atoms with Gasteiger partial charge in [-0.15, -0.1) is 0 Å². The molecule has 0 bridgehead atoms. The molecule has 2 aromatic rings. The van der Waals surface area contributed by atoms with Gasteiger partial charge in [-0.25, -0.2) is 0 Å². The van der Waals surface area contributed by atoms with Gasteiger partial charge in [-0.05, 0) is 48.5 Å². The fraction of sp³-hybridized carbons (Fsp3) is 0. The molecule has 2 aromatic carbocycles. The first-order chi connectivity index (χ1) is 9.06. The number of nitrogens with two attached hydrogens (primary N) is 2. The molecule has 5 heteroatoms. The van der Waals surface area contributed by atoms with E-state index in [0.717, 1.165) is 0 Å². The van der Waals surface area contributed by atoms with E-state index in [1.54, 1.807) is 48.5 Å². The molecule has 19 heavy (non-hydrogen) atoms. The number of primary amides is 1. The number of nitrogen functional groups attached to an aromatic ring is 1. The number of carbonyl (C=O) groups is 2. The van der Waals surface area contributed by atoms with E-state index in [0.29, 0.717) is 22.5 Å². The Morgan fingerprint density at radius 2 is 1.37 bits per heavy atom. The van der Waals surface area contributed by atoms with E-state index in [9.17, 15) is 9.59 Å². The van der Waals surface area contributed by atoms with Crippen LogP contribution in [0, 0.1) is 0 Å². The maximum atomic E-state index is 11.9. The van der Waals surface area contributed by atoms with Crippen molar-refractivity contribution in [2.24, 2.45) is 5.73 Å². The van der Waals surface area contributed by atoms with E-state index >= 15 is 0 Å². The van der Waals surface area contributed by atoms with Crippen molar-refractivity contribution >= 4 is 23.2 Å². The van der Waals surface area contributed by atoms with Crippen LogP contribution in [0.1, 0.15) is 20.7 Å². The highest BCUT2D eigenvalue weighted by Gasteiger charge is 2.06. The number of carbonyl (C=O) groups excluding carboxylic acids is 2. The molecule has 5 nitrogen and oxygen atoms in total. The van der Waals surface area contributed by atoms with Crippen LogP contribution in [-0.4, -0.2) is 11.8 Å². The Bertz CT molecular complexity index is 604. The maximum Gasteiger partial charge on any atom is 0.255 e. The van der Waals surface area contributed by atoms with Crippen LogP contribution in [0.2, 0.25) is 0 Å². The molecular formula is C14H13N3O2. The molecule has 0 saturated heterocycles. The average molecular weight is 255 g/mol. The fourth-order valence-corrected chi connectivity index (χ4v) is 1.56. The number of amides is 2. The Morgan fingerprint density at radius 3 is 1.89 bits per heavy atom. The van der Waals surface area contributed by atoms with Gasteiger partial charge in [0, 0.05) is 22.5 Å². The molecule has 5 N–H and O–H groups in total. The lowest BCUT2D eigenvalue weighted by Crippen LogP contribution is -2.13. The van der Waals surface area contributed by atoms with Gasteiger partial charge in [0.2, 0.25) is 5.91 Å². The van der Waals surface area contributed by atoms with E-state index in [1.165, 1.54) is 0 Å². The van der Waals surface area contributed by atoms with Crippen LogP contribution < -0.4 is 16.8 Å². The standard InChI is InChI=1S/C14H13N3O2/c15-11-5-1-10(2-6-11)14(19)17-12-7-3-9(4-8-12)13(16)18/h1-8H,15H2,(H2,16,18)(H,17,19). The summed E-state index contributed by atoms with van der Waals surface area (Å²) in [5.41, 5.74) is 12.8. The summed E-state index contributed by atoms with van der Waals surface area (Å²) in [4.78, 5) is 22.8. The lowest BCUT2D eigenvalue weighted by molar-refractivity contribution is 0.0998. The van der Waals surface area contributed by atoms with Gasteiger partial charge in [0.15, 0.2) is 0 Å². The van der Waals surface area contributed by atoms with E-state index in [4.69, 9.17) is 11.5 Å². The Hall–Kier alpha value is -2.82. The molecule has 0 spiro atoms. The summed E-state index contributed by atoms with van der Waals surface area (Å²) in [7, 11) is 0. The predicted octanol–water partition coefficient (Wildman–Crippen LogP) is 1.62. The Labute approximate surface area is 110 Å². The highest BCUT2D eigenvalue weighted by atomic mass is 16.2. The summed E-state index contributed by atoms with van der Waals surface area (Å²) in [6.07, 6.45) is 0. The third-order valence-corrected chi connectivity index (χ3v) is 2.60. The number of benzene rings is 2. The summed E-state index contributed by atoms with van der Waals surface area (Å²) in [5.74, 6) is -0.747. The number of rotatable bonds is 3. The van der Waals surface area contributed by atoms with E-state index in [-0.39, 0.29) is 5.91 Å². The highest BCUT2D eigenvalue weighted by Crippen LogP contribution is 2.12. The van der Waals surface area contributed by atoms with Crippen molar-refractivity contribution < 1.29 is 9.59 Å². The molecule has 0 unspecified atom stereocenters. The van der Waals surface area contributed by atoms with Crippen molar-refractivity contribution in [1.29, 1.82) is 0 Å². The summed E-state index contributed by atoms with van der Waals surface area (Å²) >= 11 is 0. The molecule has 0 radical (unpaired) electrons. The van der Waals surface area contributed by atoms with E-state index in [2.05, 4.69) is 5.32 Å². The van der Waals surface area contributed by atoms with Gasteiger partial charge < -0.3 is 16.8 Å². The first-order valence-electron chi connectivity index (χ1n) is 5.63. The Balaban J connectivity index is 2.10. The smallest absolute Gasteiger partial charge is 0.255 e. The van der Waals surface area contributed by atoms with Gasteiger partial charge in [0.05, 0.1) is 0 Å². The van der Waals surface area contributed by atoms with Gasteiger partial charge >= 0.3 is 0 Å². The average Bonchev–Trinajstić information content (AvgIpc) is 2.40. The second kappa shape index (κ2) is 5.22. The third kappa shape index (κ3) is 3.10. The minimum absolute atomic E-state index is 0.244. The molecule has 2 amide bonds. The third-order valence-electron chi connectivity index (χ3n) is 2.60. The second-order valence-electron chi connectivity index (χ2n) is 4.02. The Morgan fingerprint density at radius 1 is 0.842 bits per heavy atom. The Kier molecular flexibility index (Phi) is 3.47. The first kappa shape index (κ1) is 12.6. The van der Waals surface area contributed by atoms with Crippen molar-refractivity contribution in [2.75, 3.05) is 11.1 Å². The number of nitrogens with one attached hydrogen (secondary N) is 1. The summed E-state index contributed by atoms with van der Waals surface area (Å²) in [5, 5.41) is 2.71. The molecular weight excluding hydrogens is 242 g/mol. The number of hydrogen-bond acceptors (Lipinski definition) is 3. The quantitative estimate of drug-likeness (QED) is 0.727. The summed E-state index contributed by atoms with van der Waals surface area (Å²) < 4.78 is 0. The van der Waals surface area contributed by atoms with Gasteiger partial charge in [-0.3, -0.25) is 9.59 Å². The van der Waals surface area contributed by atoms with Crippen LogP contribution >= 0.6 is 0 Å². The van der Waals surface area contributed by atoms with Crippen molar-refractivity contribution in [3.8, 4) is 0 Å². The zero-order valence-corrected chi connectivity index (χ0v) is 10.1. The first-order valence-corrected chi connectivity index (χ1v) is 5.63. The fourth-order valence-electron chi connectivity index (χ4n) is 1.56. The van der Waals surface area contributed by atoms with Crippen molar-refractivity contribution in [3.63, 3.8) is 0 Å². The molecule has 0 fully saturated rings. The van der Waals surface area contributed by atoms with E-state index in [1.807, 2.05) is 0 Å². The van der Waals surface area contributed by atoms with Crippen molar-refractivity contribution in [2.45, 2.75) is 0 Å². The number of hydrogen-bond donors (Lipinski definition) is 3. The second-order valence-corrected chi connectivity index (χ2v) is 4.02. The zero-order valence-electron chi connectivity index (χ0n) is 10.1. The molecule has 2 rings (SSSR count). The molecule has 0 aliphatic heterocycles. The molecule has 0 aliphatic carbocycles. The predicted molar refractivity (Wildman–Crippen MR) is 73.8 cm³/mol. The maximum absolute atomic E-state index is 11.9. The lowest BCUT2D eigenvalue weighted by Gasteiger charge is -2.06. The monoisotopic (exact) mass is 255 g/mol. The zero-order chi connectivity index (χ0) is 13.8. The van der Waals surface area contributed by atoms with Crippen LogP contribution in [0.15, 0.2) is 48.5 Å². The van der Waals surface area contributed by atoms with Gasteiger partial charge in [0.25, 0.3) is 5.91 Å². The molecule has 0 saturated carbocycles. The minimum Gasteiger partial charge on any atom is -0.399 e. The van der Waals surface area contributed by atoms with Gasteiger partial charge in [-0.1, -0.05) is 0 Å². The number of anilines is 2. The molecule has 96 valence electrons.